The Morgan fingerprint density at radius 3 is 2.47 bits per heavy atom. The van der Waals surface area contributed by atoms with E-state index in [0.29, 0.717) is 10.2 Å². The number of hydrogen-bond donors (Lipinski definition) is 1. The third kappa shape index (κ3) is 3.15. The van der Waals surface area contributed by atoms with Gasteiger partial charge in [0.15, 0.2) is 0 Å². The first kappa shape index (κ1) is 12.4. The Labute approximate surface area is 96.4 Å². The molecule has 0 spiro atoms. The molecule has 0 aliphatic heterocycles. The molecule has 1 rings (SSSR count). The van der Waals surface area contributed by atoms with Crippen LogP contribution < -0.4 is 4.72 Å². The molecule has 0 radical (unpaired) electrons. The van der Waals surface area contributed by atoms with Crippen LogP contribution in [0.5, 0.6) is 0 Å². The van der Waals surface area contributed by atoms with Crippen LogP contribution in [0.2, 0.25) is 0 Å². The molecule has 0 aliphatic rings. The summed E-state index contributed by atoms with van der Waals surface area (Å²) in [6.45, 7) is 0. The molecule has 0 unspecified atom stereocenters. The molecule has 0 fully saturated rings. The van der Waals surface area contributed by atoms with Gasteiger partial charge < -0.3 is 0 Å². The zero-order valence-electron chi connectivity index (χ0n) is 8.16. The molecule has 4 nitrogen and oxygen atoms in total. The van der Waals surface area contributed by atoms with Crippen molar-refractivity contribution in [2.45, 2.75) is 0 Å². The lowest BCUT2D eigenvalue weighted by Crippen LogP contribution is -2.29. The second-order valence-electron chi connectivity index (χ2n) is 3.01. The fraction of sp³-hybridized carbons (Fsp3) is 0.250. The fourth-order valence-corrected chi connectivity index (χ4v) is 2.02. The molecule has 84 valence electrons. The molecule has 7 heteroatoms. The summed E-state index contributed by atoms with van der Waals surface area (Å²) in [5, 5.41) is 0. The first-order chi connectivity index (χ1) is 6.83. The van der Waals surface area contributed by atoms with Crippen LogP contribution in [0.4, 0.5) is 10.1 Å². The van der Waals surface area contributed by atoms with Crippen LogP contribution in [0.25, 0.3) is 0 Å². The van der Waals surface area contributed by atoms with Crippen molar-refractivity contribution in [1.29, 1.82) is 0 Å². The monoisotopic (exact) mass is 296 g/mol. The molecule has 0 heterocycles. The minimum Gasteiger partial charge on any atom is -0.270 e. The van der Waals surface area contributed by atoms with Gasteiger partial charge in [0.25, 0.3) is 0 Å². The number of nitrogens with zero attached hydrogens (tertiary/aromatic N) is 1. The van der Waals surface area contributed by atoms with Gasteiger partial charge >= 0.3 is 10.2 Å². The SMILES string of the molecule is CN(C)S(=O)(=O)Nc1ccc(F)cc1Br. The minimum absolute atomic E-state index is 0.296. The number of hydrogen-bond acceptors (Lipinski definition) is 2. The van der Waals surface area contributed by atoms with Gasteiger partial charge in [-0.1, -0.05) is 0 Å². The fourth-order valence-electron chi connectivity index (χ4n) is 0.802. The highest BCUT2D eigenvalue weighted by atomic mass is 79.9. The van der Waals surface area contributed by atoms with Crippen molar-refractivity contribution in [1.82, 2.24) is 4.31 Å². The Morgan fingerprint density at radius 2 is 2.00 bits per heavy atom. The Kier molecular flexibility index (Phi) is 3.69. The molecule has 0 aromatic heterocycles. The number of halogens is 2. The Morgan fingerprint density at radius 1 is 1.40 bits per heavy atom. The van der Waals surface area contributed by atoms with Gasteiger partial charge in [-0.15, -0.1) is 0 Å². The van der Waals surface area contributed by atoms with Gasteiger partial charge in [0.1, 0.15) is 5.82 Å². The van der Waals surface area contributed by atoms with E-state index in [2.05, 4.69) is 20.7 Å². The van der Waals surface area contributed by atoms with E-state index in [1.165, 1.54) is 32.3 Å². The summed E-state index contributed by atoms with van der Waals surface area (Å²) in [5.74, 6) is -0.435. The van der Waals surface area contributed by atoms with Crippen molar-refractivity contribution in [2.75, 3.05) is 18.8 Å². The van der Waals surface area contributed by atoms with E-state index >= 15 is 0 Å². The molecule has 0 bridgehead atoms. The van der Waals surface area contributed by atoms with Crippen molar-refractivity contribution < 1.29 is 12.8 Å². The molecular weight excluding hydrogens is 287 g/mol. The van der Waals surface area contributed by atoms with E-state index in [1.807, 2.05) is 0 Å². The predicted octanol–water partition coefficient (Wildman–Crippen LogP) is 1.81. The van der Waals surface area contributed by atoms with Gasteiger partial charge in [-0.2, -0.15) is 12.7 Å². The normalized spacial score (nSPS) is 11.8. The highest BCUT2D eigenvalue weighted by Gasteiger charge is 2.14. The number of anilines is 1. The summed E-state index contributed by atoms with van der Waals surface area (Å²) in [6, 6.07) is 3.71. The van der Waals surface area contributed by atoms with Crippen LogP contribution in [-0.2, 0) is 10.2 Å². The zero-order chi connectivity index (χ0) is 11.6. The van der Waals surface area contributed by atoms with E-state index < -0.39 is 16.0 Å². The van der Waals surface area contributed by atoms with Crippen LogP contribution in [0.3, 0.4) is 0 Å². The van der Waals surface area contributed by atoms with Crippen LogP contribution in [0.1, 0.15) is 0 Å². The number of benzene rings is 1. The first-order valence-electron chi connectivity index (χ1n) is 3.98. The smallest absolute Gasteiger partial charge is 0.270 e. The third-order valence-electron chi connectivity index (χ3n) is 1.65. The Bertz CT molecular complexity index is 462. The summed E-state index contributed by atoms with van der Waals surface area (Å²) in [6.07, 6.45) is 0. The van der Waals surface area contributed by atoms with E-state index in [-0.39, 0.29) is 0 Å². The van der Waals surface area contributed by atoms with Crippen molar-refractivity contribution in [3.05, 3.63) is 28.5 Å². The molecule has 15 heavy (non-hydrogen) atoms. The molecule has 0 amide bonds. The quantitative estimate of drug-likeness (QED) is 0.925. The van der Waals surface area contributed by atoms with E-state index in [4.69, 9.17) is 0 Å². The lowest BCUT2D eigenvalue weighted by molar-refractivity contribution is 0.526. The molecule has 0 saturated carbocycles. The molecule has 0 aliphatic carbocycles. The lowest BCUT2D eigenvalue weighted by Gasteiger charge is -2.14. The van der Waals surface area contributed by atoms with Gasteiger partial charge in [0.05, 0.1) is 5.69 Å². The third-order valence-corrected chi connectivity index (χ3v) is 3.75. The van der Waals surface area contributed by atoms with Crippen LogP contribution >= 0.6 is 15.9 Å². The second-order valence-corrected chi connectivity index (χ2v) is 5.75. The van der Waals surface area contributed by atoms with Crippen molar-refractivity contribution in [3.8, 4) is 0 Å². The summed E-state index contributed by atoms with van der Waals surface area (Å²) in [7, 11) is -0.751. The van der Waals surface area contributed by atoms with Gasteiger partial charge in [0, 0.05) is 18.6 Å². The summed E-state index contributed by atoms with van der Waals surface area (Å²) in [5.41, 5.74) is 0.296. The van der Waals surface area contributed by atoms with Crippen molar-refractivity contribution in [2.24, 2.45) is 0 Å². The van der Waals surface area contributed by atoms with Gasteiger partial charge in [-0.3, -0.25) is 4.72 Å². The molecular formula is C8H10BrFN2O2S. The standard InChI is InChI=1S/C8H10BrFN2O2S/c1-12(2)15(13,14)11-8-4-3-6(10)5-7(8)9/h3-5,11H,1-2H3. The Hall–Kier alpha value is -0.660. The molecule has 0 atom stereocenters. The van der Waals surface area contributed by atoms with Crippen LogP contribution in [0, 0.1) is 5.82 Å². The summed E-state index contributed by atoms with van der Waals surface area (Å²) < 4.78 is 39.3. The van der Waals surface area contributed by atoms with E-state index in [9.17, 15) is 12.8 Å². The number of nitrogens with one attached hydrogen (secondary N) is 1. The Balaban J connectivity index is 3.01. The average molecular weight is 297 g/mol. The average Bonchev–Trinajstić information content (AvgIpc) is 2.09. The van der Waals surface area contributed by atoms with Crippen molar-refractivity contribution >= 4 is 31.8 Å². The maximum Gasteiger partial charge on any atom is 0.301 e. The maximum absolute atomic E-state index is 12.7. The topological polar surface area (TPSA) is 49.4 Å². The first-order valence-corrected chi connectivity index (χ1v) is 6.21. The van der Waals surface area contributed by atoms with E-state index in [0.717, 1.165) is 4.31 Å². The lowest BCUT2D eigenvalue weighted by atomic mass is 10.3. The van der Waals surface area contributed by atoms with Crippen LogP contribution in [0.15, 0.2) is 22.7 Å². The highest BCUT2D eigenvalue weighted by Crippen LogP contribution is 2.24. The highest BCUT2D eigenvalue weighted by molar-refractivity contribution is 9.10. The van der Waals surface area contributed by atoms with Gasteiger partial charge in [-0.05, 0) is 34.1 Å². The number of rotatable bonds is 3. The molecule has 0 saturated heterocycles. The maximum atomic E-state index is 12.7. The van der Waals surface area contributed by atoms with Crippen LogP contribution in [-0.4, -0.2) is 26.8 Å². The largest absolute Gasteiger partial charge is 0.301 e. The summed E-state index contributed by atoms with van der Waals surface area (Å²) in [4.78, 5) is 0. The predicted molar refractivity (Wildman–Crippen MR) is 60.3 cm³/mol. The minimum atomic E-state index is -3.56. The molecule has 1 aromatic rings. The molecule has 1 aromatic carbocycles. The van der Waals surface area contributed by atoms with Gasteiger partial charge in [0.2, 0.25) is 0 Å². The van der Waals surface area contributed by atoms with Gasteiger partial charge in [-0.25, -0.2) is 4.39 Å². The van der Waals surface area contributed by atoms with E-state index in [1.54, 1.807) is 0 Å². The summed E-state index contributed by atoms with van der Waals surface area (Å²) >= 11 is 3.06. The van der Waals surface area contributed by atoms with Crippen molar-refractivity contribution in [3.63, 3.8) is 0 Å². The second kappa shape index (κ2) is 4.46. The molecule has 1 N–H and O–H groups in total. The zero-order valence-corrected chi connectivity index (χ0v) is 10.6.